The minimum Gasteiger partial charge on any atom is -0.369 e. The zero-order chi connectivity index (χ0) is 21.2. The summed E-state index contributed by atoms with van der Waals surface area (Å²) in [5, 5.41) is 14.5. The van der Waals surface area contributed by atoms with Crippen molar-refractivity contribution in [3.05, 3.63) is 52.1 Å². The van der Waals surface area contributed by atoms with Crippen LogP contribution < -0.4 is 10.2 Å². The van der Waals surface area contributed by atoms with Gasteiger partial charge in [-0.1, -0.05) is 6.92 Å². The fraction of sp³-hybridized carbons (Fsp3) is 0.400. The maximum Gasteiger partial charge on any atom is 0.293 e. The number of nitro groups is 1. The van der Waals surface area contributed by atoms with Crippen molar-refractivity contribution >= 4 is 32.6 Å². The van der Waals surface area contributed by atoms with E-state index in [0.29, 0.717) is 5.69 Å². The van der Waals surface area contributed by atoms with Gasteiger partial charge in [0.1, 0.15) is 5.69 Å². The van der Waals surface area contributed by atoms with Crippen LogP contribution in [0, 0.1) is 17.0 Å². The van der Waals surface area contributed by atoms with Gasteiger partial charge in [0.2, 0.25) is 0 Å². The molecule has 2 aromatic carbocycles. The molecule has 1 aliphatic heterocycles. The number of sulfone groups is 1. The molecule has 1 aliphatic rings. The van der Waals surface area contributed by atoms with Crippen LogP contribution in [0.15, 0.2) is 41.3 Å². The highest BCUT2D eigenvalue weighted by Crippen LogP contribution is 2.32. The van der Waals surface area contributed by atoms with E-state index >= 15 is 0 Å². The van der Waals surface area contributed by atoms with Crippen LogP contribution in [0.4, 0.5) is 22.7 Å². The number of rotatable bonds is 6. The molecule has 0 aliphatic carbocycles. The van der Waals surface area contributed by atoms with Crippen molar-refractivity contribution in [1.29, 1.82) is 0 Å². The third-order valence-electron chi connectivity index (χ3n) is 5.23. The predicted octanol–water partition coefficient (Wildman–Crippen LogP) is 3.19. The topological polar surface area (TPSA) is 95.8 Å². The van der Waals surface area contributed by atoms with Gasteiger partial charge in [-0.2, -0.15) is 0 Å². The molecule has 8 nitrogen and oxygen atoms in total. The van der Waals surface area contributed by atoms with E-state index in [-0.39, 0.29) is 16.3 Å². The number of nitro benzene ring substituents is 1. The minimum atomic E-state index is -3.52. The second-order valence-corrected chi connectivity index (χ2v) is 9.27. The van der Waals surface area contributed by atoms with E-state index in [1.165, 1.54) is 12.1 Å². The molecule has 3 rings (SSSR count). The highest BCUT2D eigenvalue weighted by molar-refractivity contribution is 7.90. The molecule has 156 valence electrons. The summed E-state index contributed by atoms with van der Waals surface area (Å²) in [6, 6.07) is 9.77. The Morgan fingerprint density at radius 1 is 1.10 bits per heavy atom. The molecule has 0 unspecified atom stereocenters. The van der Waals surface area contributed by atoms with Crippen molar-refractivity contribution in [1.82, 2.24) is 4.90 Å². The Hall–Kier alpha value is -2.65. The number of likely N-dealkylation sites (N-methyl/N-ethyl adjacent to an activating group) is 1. The lowest BCUT2D eigenvalue weighted by molar-refractivity contribution is -0.384. The molecular weight excluding hydrogens is 392 g/mol. The van der Waals surface area contributed by atoms with Crippen LogP contribution >= 0.6 is 0 Å². The van der Waals surface area contributed by atoms with Crippen molar-refractivity contribution in [2.24, 2.45) is 0 Å². The van der Waals surface area contributed by atoms with Gasteiger partial charge in [-0.3, -0.25) is 10.1 Å². The lowest BCUT2D eigenvalue weighted by Gasteiger charge is -2.36. The highest BCUT2D eigenvalue weighted by Gasteiger charge is 2.20. The molecule has 9 heteroatoms. The summed E-state index contributed by atoms with van der Waals surface area (Å²) in [7, 11) is -3.52. The first kappa shape index (κ1) is 21.1. The van der Waals surface area contributed by atoms with Crippen LogP contribution in [0.1, 0.15) is 12.5 Å². The fourth-order valence-electron chi connectivity index (χ4n) is 3.55. The third kappa shape index (κ3) is 4.86. The Morgan fingerprint density at radius 2 is 1.79 bits per heavy atom. The van der Waals surface area contributed by atoms with Gasteiger partial charge in [0.05, 0.1) is 9.82 Å². The van der Waals surface area contributed by atoms with Gasteiger partial charge in [-0.25, -0.2) is 8.42 Å². The Balaban J connectivity index is 1.82. The molecule has 29 heavy (non-hydrogen) atoms. The van der Waals surface area contributed by atoms with E-state index in [1.54, 1.807) is 0 Å². The van der Waals surface area contributed by atoms with Crippen LogP contribution in [0.2, 0.25) is 0 Å². The van der Waals surface area contributed by atoms with Crippen LogP contribution in [-0.2, 0) is 9.84 Å². The van der Waals surface area contributed by atoms with Crippen LogP contribution in [-0.4, -0.2) is 57.2 Å². The number of aryl methyl sites for hydroxylation is 1. The Bertz CT molecular complexity index is 1020. The molecule has 1 saturated heterocycles. The summed E-state index contributed by atoms with van der Waals surface area (Å²) in [5.41, 5.74) is 2.94. The first-order valence-electron chi connectivity index (χ1n) is 9.52. The first-order valence-corrected chi connectivity index (χ1v) is 11.4. The van der Waals surface area contributed by atoms with Gasteiger partial charge < -0.3 is 15.1 Å². The van der Waals surface area contributed by atoms with Gasteiger partial charge in [-0.15, -0.1) is 0 Å². The van der Waals surface area contributed by atoms with Crippen molar-refractivity contribution in [2.75, 3.05) is 49.2 Å². The largest absolute Gasteiger partial charge is 0.369 e. The van der Waals surface area contributed by atoms with E-state index < -0.39 is 14.8 Å². The van der Waals surface area contributed by atoms with Gasteiger partial charge >= 0.3 is 0 Å². The Labute approximate surface area is 171 Å². The van der Waals surface area contributed by atoms with Crippen LogP contribution in [0.3, 0.4) is 0 Å². The monoisotopic (exact) mass is 418 g/mol. The van der Waals surface area contributed by atoms with Crippen LogP contribution in [0.25, 0.3) is 0 Å². The SMILES string of the molecule is CCN1CCN(c2ccc(Nc3ccc(S(C)(=O)=O)cc3[N+](=O)[O-])cc2C)CC1. The summed E-state index contributed by atoms with van der Waals surface area (Å²) in [6.07, 6.45) is 1.03. The van der Waals surface area contributed by atoms with Crippen molar-refractivity contribution in [3.8, 4) is 0 Å². The minimum absolute atomic E-state index is 0.0764. The van der Waals surface area contributed by atoms with Gasteiger partial charge in [0.25, 0.3) is 5.69 Å². The summed E-state index contributed by atoms with van der Waals surface area (Å²) < 4.78 is 23.4. The van der Waals surface area contributed by atoms with E-state index in [2.05, 4.69) is 22.0 Å². The number of benzene rings is 2. The molecular formula is C20H26N4O4S. The summed E-state index contributed by atoms with van der Waals surface area (Å²) in [6.45, 7) is 9.27. The molecule has 0 atom stereocenters. The second kappa shape index (κ2) is 8.38. The van der Waals surface area contributed by atoms with Gasteiger partial charge in [0.15, 0.2) is 9.84 Å². The highest BCUT2D eigenvalue weighted by atomic mass is 32.2. The first-order chi connectivity index (χ1) is 13.7. The molecule has 0 amide bonds. The Kier molecular flexibility index (Phi) is 6.09. The molecule has 0 radical (unpaired) electrons. The maximum absolute atomic E-state index is 11.7. The molecule has 1 heterocycles. The molecule has 0 aromatic heterocycles. The normalized spacial score (nSPS) is 15.3. The smallest absolute Gasteiger partial charge is 0.293 e. The number of piperazine rings is 1. The maximum atomic E-state index is 11.7. The summed E-state index contributed by atoms with van der Waals surface area (Å²) in [4.78, 5) is 15.5. The molecule has 0 saturated carbocycles. The van der Waals surface area contributed by atoms with Crippen molar-refractivity contribution in [2.45, 2.75) is 18.7 Å². The number of nitrogens with zero attached hydrogens (tertiary/aromatic N) is 3. The molecule has 2 aromatic rings. The zero-order valence-corrected chi connectivity index (χ0v) is 17.7. The van der Waals surface area contributed by atoms with Gasteiger partial charge in [0, 0.05) is 49.9 Å². The molecule has 1 N–H and O–H groups in total. The number of anilines is 3. The second-order valence-electron chi connectivity index (χ2n) is 7.26. The standard InChI is InChI=1S/C20H26N4O4S/c1-4-22-9-11-23(12-10-22)19-8-5-16(13-15(19)2)21-18-7-6-17(29(3,27)28)14-20(18)24(25)26/h5-8,13-14,21H,4,9-12H2,1-3H3. The third-order valence-corrected chi connectivity index (χ3v) is 6.34. The van der Waals surface area contributed by atoms with E-state index in [0.717, 1.165) is 56.3 Å². The Morgan fingerprint density at radius 3 is 2.34 bits per heavy atom. The van der Waals surface area contributed by atoms with Gasteiger partial charge in [-0.05, 0) is 49.4 Å². The van der Waals surface area contributed by atoms with E-state index in [4.69, 9.17) is 0 Å². The molecule has 0 spiro atoms. The van der Waals surface area contributed by atoms with Crippen molar-refractivity contribution in [3.63, 3.8) is 0 Å². The number of nitrogens with one attached hydrogen (secondary N) is 1. The van der Waals surface area contributed by atoms with E-state index in [9.17, 15) is 18.5 Å². The average Bonchev–Trinajstić information content (AvgIpc) is 2.67. The average molecular weight is 419 g/mol. The quantitative estimate of drug-likeness (QED) is 0.568. The summed E-state index contributed by atoms with van der Waals surface area (Å²) in [5.74, 6) is 0. The lowest BCUT2D eigenvalue weighted by Crippen LogP contribution is -2.46. The molecule has 1 fully saturated rings. The number of hydrogen-bond donors (Lipinski definition) is 1. The van der Waals surface area contributed by atoms with Crippen LogP contribution in [0.5, 0.6) is 0 Å². The molecule has 0 bridgehead atoms. The number of hydrogen-bond acceptors (Lipinski definition) is 7. The summed E-state index contributed by atoms with van der Waals surface area (Å²) >= 11 is 0. The predicted molar refractivity (Wildman–Crippen MR) is 115 cm³/mol. The zero-order valence-electron chi connectivity index (χ0n) is 16.9. The van der Waals surface area contributed by atoms with E-state index in [1.807, 2.05) is 25.1 Å². The van der Waals surface area contributed by atoms with Crippen molar-refractivity contribution < 1.29 is 13.3 Å². The lowest BCUT2D eigenvalue weighted by atomic mass is 10.1. The fourth-order valence-corrected chi connectivity index (χ4v) is 4.19.